The molecule has 2 N–H and O–H groups in total. The Hall–Kier alpha value is -0.980. The van der Waals surface area contributed by atoms with Crippen LogP contribution in [0.3, 0.4) is 0 Å². The predicted octanol–water partition coefficient (Wildman–Crippen LogP) is 2.47. The number of likely N-dealkylation sites (tertiary alicyclic amines) is 1. The zero-order valence-electron chi connectivity index (χ0n) is 13.8. The van der Waals surface area contributed by atoms with Gasteiger partial charge in [-0.3, -0.25) is 9.89 Å². The minimum Gasteiger partial charge on any atom is -0.356 e. The maximum absolute atomic E-state index is 12.3. The number of nitrogens with one attached hydrogen (secondary N) is 2. The molecule has 1 fully saturated rings. The molecule has 1 atom stereocenters. The zero-order chi connectivity index (χ0) is 16.6. The second-order valence-corrected chi connectivity index (χ2v) is 6.42. The van der Waals surface area contributed by atoms with Crippen LogP contribution in [0.4, 0.5) is 13.2 Å². The molecule has 1 rings (SSSR count). The van der Waals surface area contributed by atoms with Gasteiger partial charge in [0.25, 0.3) is 0 Å². The molecule has 1 aliphatic heterocycles. The summed E-state index contributed by atoms with van der Waals surface area (Å²) in [7, 11) is 1.71. The van der Waals surface area contributed by atoms with E-state index >= 15 is 0 Å². The molecule has 1 heterocycles. The summed E-state index contributed by atoms with van der Waals surface area (Å²) in [6.07, 6.45) is -1.05. The Balaban J connectivity index is 2.19. The lowest BCUT2D eigenvalue weighted by molar-refractivity contribution is -0.143. The third-order valence-corrected chi connectivity index (χ3v) is 3.81. The molecule has 0 saturated carbocycles. The second kappa shape index (κ2) is 9.22. The van der Waals surface area contributed by atoms with Crippen LogP contribution in [0.5, 0.6) is 0 Å². The molecule has 1 saturated heterocycles. The largest absolute Gasteiger partial charge is 0.401 e. The standard InChI is InChI=1S/C15H29F3N4/c1-12(2)5-4-7-20-14(19-3)21-9-13-6-8-22(10-13)11-15(16,17)18/h12-13H,4-11H2,1-3H3,(H2,19,20,21). The van der Waals surface area contributed by atoms with E-state index in [-0.39, 0.29) is 5.92 Å². The topological polar surface area (TPSA) is 39.7 Å². The molecule has 0 aromatic rings. The third-order valence-electron chi connectivity index (χ3n) is 3.81. The highest BCUT2D eigenvalue weighted by Crippen LogP contribution is 2.22. The highest BCUT2D eigenvalue weighted by molar-refractivity contribution is 5.79. The van der Waals surface area contributed by atoms with E-state index in [1.54, 1.807) is 7.05 Å². The van der Waals surface area contributed by atoms with Gasteiger partial charge in [-0.05, 0) is 37.6 Å². The second-order valence-electron chi connectivity index (χ2n) is 6.42. The summed E-state index contributed by atoms with van der Waals surface area (Å²) in [6.45, 7) is 6.13. The summed E-state index contributed by atoms with van der Waals surface area (Å²) in [6, 6.07) is 0. The van der Waals surface area contributed by atoms with E-state index in [2.05, 4.69) is 29.5 Å². The van der Waals surface area contributed by atoms with Crippen molar-refractivity contribution >= 4 is 5.96 Å². The molecule has 130 valence electrons. The van der Waals surface area contributed by atoms with Gasteiger partial charge in [-0.1, -0.05) is 13.8 Å². The fourth-order valence-corrected chi connectivity index (χ4v) is 2.66. The molecule has 1 unspecified atom stereocenters. The third kappa shape index (κ3) is 8.46. The Morgan fingerprint density at radius 2 is 2.05 bits per heavy atom. The van der Waals surface area contributed by atoms with E-state index in [0.29, 0.717) is 25.6 Å². The summed E-state index contributed by atoms with van der Waals surface area (Å²) in [5, 5.41) is 6.46. The number of alkyl halides is 3. The van der Waals surface area contributed by atoms with Gasteiger partial charge >= 0.3 is 6.18 Å². The Morgan fingerprint density at radius 3 is 2.64 bits per heavy atom. The molecule has 0 aromatic carbocycles. The van der Waals surface area contributed by atoms with E-state index < -0.39 is 12.7 Å². The van der Waals surface area contributed by atoms with Gasteiger partial charge in [0, 0.05) is 26.7 Å². The number of rotatable bonds is 7. The molecule has 22 heavy (non-hydrogen) atoms. The average Bonchev–Trinajstić information content (AvgIpc) is 2.83. The Labute approximate surface area is 131 Å². The SMILES string of the molecule is CN=C(NCCCC(C)C)NCC1CCN(CC(F)(F)F)C1. The lowest BCUT2D eigenvalue weighted by Crippen LogP contribution is -2.41. The van der Waals surface area contributed by atoms with Gasteiger partial charge in [0.2, 0.25) is 0 Å². The minimum atomic E-state index is -4.10. The van der Waals surface area contributed by atoms with Crippen molar-refractivity contribution in [1.82, 2.24) is 15.5 Å². The normalized spacial score (nSPS) is 20.7. The molecule has 0 amide bonds. The lowest BCUT2D eigenvalue weighted by Gasteiger charge is -2.18. The van der Waals surface area contributed by atoms with Gasteiger partial charge in [0.1, 0.15) is 0 Å². The zero-order valence-corrected chi connectivity index (χ0v) is 13.8. The number of aliphatic imine (C=N–C) groups is 1. The molecule has 0 bridgehead atoms. The van der Waals surface area contributed by atoms with Crippen molar-refractivity contribution in [2.45, 2.75) is 39.3 Å². The van der Waals surface area contributed by atoms with Crippen LogP contribution in [0.2, 0.25) is 0 Å². The molecule has 7 heteroatoms. The van der Waals surface area contributed by atoms with Crippen LogP contribution in [0.1, 0.15) is 33.1 Å². The first-order valence-corrected chi connectivity index (χ1v) is 8.03. The Morgan fingerprint density at radius 1 is 1.32 bits per heavy atom. The van der Waals surface area contributed by atoms with Gasteiger partial charge in [-0.15, -0.1) is 0 Å². The van der Waals surface area contributed by atoms with Gasteiger partial charge in [0.05, 0.1) is 6.54 Å². The smallest absolute Gasteiger partial charge is 0.356 e. The van der Waals surface area contributed by atoms with E-state index in [1.807, 2.05) is 0 Å². The average molecular weight is 322 g/mol. The molecular weight excluding hydrogens is 293 g/mol. The predicted molar refractivity (Wildman–Crippen MR) is 84.0 cm³/mol. The first kappa shape index (κ1) is 19.1. The van der Waals surface area contributed by atoms with Gasteiger partial charge in [0.15, 0.2) is 5.96 Å². The monoisotopic (exact) mass is 322 g/mol. The molecule has 4 nitrogen and oxygen atoms in total. The first-order chi connectivity index (χ1) is 10.3. The number of nitrogens with zero attached hydrogens (tertiary/aromatic N) is 2. The quantitative estimate of drug-likeness (QED) is 0.430. The molecule has 0 aliphatic carbocycles. The van der Waals surface area contributed by atoms with Crippen molar-refractivity contribution in [3.05, 3.63) is 0 Å². The summed E-state index contributed by atoms with van der Waals surface area (Å²) in [5.41, 5.74) is 0. The van der Waals surface area contributed by atoms with Crippen molar-refractivity contribution in [1.29, 1.82) is 0 Å². The Bertz CT molecular complexity index is 342. The summed E-state index contributed by atoms with van der Waals surface area (Å²) in [4.78, 5) is 5.62. The first-order valence-electron chi connectivity index (χ1n) is 8.03. The number of hydrogen-bond acceptors (Lipinski definition) is 2. The molecule has 1 aliphatic rings. The van der Waals surface area contributed by atoms with Crippen molar-refractivity contribution in [2.75, 3.05) is 39.8 Å². The van der Waals surface area contributed by atoms with Gasteiger partial charge < -0.3 is 10.6 Å². The van der Waals surface area contributed by atoms with Crippen LogP contribution in [0.25, 0.3) is 0 Å². The summed E-state index contributed by atoms with van der Waals surface area (Å²) < 4.78 is 37.0. The molecule has 0 radical (unpaired) electrons. The number of halogens is 3. The van der Waals surface area contributed by atoms with Crippen molar-refractivity contribution in [2.24, 2.45) is 16.8 Å². The fraction of sp³-hybridized carbons (Fsp3) is 0.933. The van der Waals surface area contributed by atoms with E-state index in [9.17, 15) is 13.2 Å². The van der Waals surface area contributed by atoms with Crippen LogP contribution < -0.4 is 10.6 Å². The highest BCUT2D eigenvalue weighted by Gasteiger charge is 2.34. The van der Waals surface area contributed by atoms with Crippen molar-refractivity contribution in [3.8, 4) is 0 Å². The van der Waals surface area contributed by atoms with Crippen LogP contribution in [-0.2, 0) is 0 Å². The van der Waals surface area contributed by atoms with E-state index in [0.717, 1.165) is 25.3 Å². The molecule has 0 spiro atoms. The molecule has 0 aromatic heterocycles. The van der Waals surface area contributed by atoms with E-state index in [4.69, 9.17) is 0 Å². The van der Waals surface area contributed by atoms with Gasteiger partial charge in [-0.25, -0.2) is 0 Å². The minimum absolute atomic E-state index is 0.247. The summed E-state index contributed by atoms with van der Waals surface area (Å²) in [5.74, 6) is 1.67. The van der Waals surface area contributed by atoms with Crippen LogP contribution in [-0.4, -0.2) is 56.8 Å². The van der Waals surface area contributed by atoms with E-state index in [1.165, 1.54) is 11.3 Å². The van der Waals surface area contributed by atoms with Gasteiger partial charge in [-0.2, -0.15) is 13.2 Å². The van der Waals surface area contributed by atoms with Crippen LogP contribution >= 0.6 is 0 Å². The van der Waals surface area contributed by atoms with Crippen LogP contribution in [0, 0.1) is 11.8 Å². The maximum atomic E-state index is 12.3. The highest BCUT2D eigenvalue weighted by atomic mass is 19.4. The van der Waals surface area contributed by atoms with Crippen molar-refractivity contribution in [3.63, 3.8) is 0 Å². The number of hydrogen-bond donors (Lipinski definition) is 2. The summed E-state index contributed by atoms with van der Waals surface area (Å²) >= 11 is 0. The lowest BCUT2D eigenvalue weighted by atomic mass is 10.1. The maximum Gasteiger partial charge on any atom is 0.401 e. The molecular formula is C15H29F3N4. The van der Waals surface area contributed by atoms with Crippen molar-refractivity contribution < 1.29 is 13.2 Å². The Kier molecular flexibility index (Phi) is 8.00. The fourth-order valence-electron chi connectivity index (χ4n) is 2.66. The van der Waals surface area contributed by atoms with Crippen LogP contribution in [0.15, 0.2) is 4.99 Å². The number of guanidine groups is 1.